The minimum atomic E-state index is -4.33. The van der Waals surface area contributed by atoms with Gasteiger partial charge in [0.05, 0.1) is 6.61 Å². The largest absolute Gasteiger partial charge is 0.411 e. The van der Waals surface area contributed by atoms with Crippen molar-refractivity contribution in [3.63, 3.8) is 0 Å². The van der Waals surface area contributed by atoms with Gasteiger partial charge in [-0.05, 0) is 40.8 Å². The van der Waals surface area contributed by atoms with Crippen LogP contribution in [-0.4, -0.2) is 31.8 Å². The number of hydrogen-bond donors (Lipinski definition) is 1. The first kappa shape index (κ1) is 15.2. The molecule has 3 nitrogen and oxygen atoms in total. The molecule has 0 saturated heterocycles. The second-order valence-electron chi connectivity index (χ2n) is 3.43. The van der Waals surface area contributed by atoms with Gasteiger partial charge in [-0.1, -0.05) is 6.07 Å². The van der Waals surface area contributed by atoms with Crippen LogP contribution in [-0.2, 0) is 4.74 Å². The molecule has 1 aromatic carbocycles. The van der Waals surface area contributed by atoms with Crippen LogP contribution in [0.2, 0.25) is 0 Å². The Morgan fingerprint density at radius 2 is 2.11 bits per heavy atom. The zero-order valence-corrected chi connectivity index (χ0v) is 11.4. The molecule has 0 heterocycles. The lowest BCUT2D eigenvalue weighted by Gasteiger charge is -2.08. The van der Waals surface area contributed by atoms with E-state index in [1.54, 1.807) is 18.2 Å². The first-order valence-corrected chi connectivity index (χ1v) is 6.14. The van der Waals surface area contributed by atoms with Crippen LogP contribution in [0.25, 0.3) is 0 Å². The monoisotopic (exact) mass is 373 g/mol. The van der Waals surface area contributed by atoms with Gasteiger partial charge in [-0.25, -0.2) is 0 Å². The van der Waals surface area contributed by atoms with E-state index in [0.717, 1.165) is 3.57 Å². The zero-order valence-electron chi connectivity index (χ0n) is 9.26. The summed E-state index contributed by atoms with van der Waals surface area (Å²) in [6.45, 7) is -1.43. The number of halogens is 4. The number of rotatable bonds is 5. The molecule has 0 spiro atoms. The maximum absolute atomic E-state index is 11.7. The summed E-state index contributed by atoms with van der Waals surface area (Å²) in [6.07, 6.45) is -4.33. The molecular formula is C11H11F3INO2. The van der Waals surface area contributed by atoms with Gasteiger partial charge in [0.1, 0.15) is 6.61 Å². The normalized spacial score (nSPS) is 11.3. The summed E-state index contributed by atoms with van der Waals surface area (Å²) in [5, 5.41) is 2.48. The minimum Gasteiger partial charge on any atom is -0.370 e. The fourth-order valence-corrected chi connectivity index (χ4v) is 1.70. The van der Waals surface area contributed by atoms with E-state index < -0.39 is 12.8 Å². The third kappa shape index (κ3) is 6.20. The highest BCUT2D eigenvalue weighted by molar-refractivity contribution is 14.1. The van der Waals surface area contributed by atoms with Crippen molar-refractivity contribution in [1.82, 2.24) is 5.32 Å². The van der Waals surface area contributed by atoms with Crippen LogP contribution in [0.3, 0.4) is 0 Å². The number of carbonyl (C=O) groups excluding carboxylic acids is 1. The van der Waals surface area contributed by atoms with Gasteiger partial charge in [-0.15, -0.1) is 0 Å². The second kappa shape index (κ2) is 6.93. The summed E-state index contributed by atoms with van der Waals surface area (Å²) >= 11 is 2.07. The molecule has 1 rings (SSSR count). The molecule has 100 valence electrons. The van der Waals surface area contributed by atoms with Crippen LogP contribution in [0.1, 0.15) is 10.4 Å². The molecule has 0 aliphatic heterocycles. The summed E-state index contributed by atoms with van der Waals surface area (Å²) in [7, 11) is 0. The smallest absolute Gasteiger partial charge is 0.370 e. The van der Waals surface area contributed by atoms with Crippen LogP contribution in [0.5, 0.6) is 0 Å². The van der Waals surface area contributed by atoms with E-state index in [9.17, 15) is 18.0 Å². The van der Waals surface area contributed by atoms with Crippen molar-refractivity contribution in [2.75, 3.05) is 19.8 Å². The van der Waals surface area contributed by atoms with E-state index >= 15 is 0 Å². The fraction of sp³-hybridized carbons (Fsp3) is 0.364. The molecule has 1 N–H and O–H groups in total. The average Bonchev–Trinajstić information content (AvgIpc) is 2.26. The summed E-state index contributed by atoms with van der Waals surface area (Å²) in [4.78, 5) is 11.6. The minimum absolute atomic E-state index is 0.0421. The molecule has 0 aromatic heterocycles. The lowest BCUT2D eigenvalue weighted by atomic mass is 10.2. The molecular weight excluding hydrogens is 362 g/mol. The predicted molar refractivity (Wildman–Crippen MR) is 68.4 cm³/mol. The highest BCUT2D eigenvalue weighted by atomic mass is 127. The average molecular weight is 373 g/mol. The zero-order chi connectivity index (χ0) is 13.6. The topological polar surface area (TPSA) is 38.3 Å². The van der Waals surface area contributed by atoms with Gasteiger partial charge >= 0.3 is 6.18 Å². The Labute approximate surface area is 116 Å². The molecule has 1 amide bonds. The Kier molecular flexibility index (Phi) is 5.86. The van der Waals surface area contributed by atoms with Crippen LogP contribution in [0.4, 0.5) is 13.2 Å². The number of hydrogen-bond acceptors (Lipinski definition) is 2. The Morgan fingerprint density at radius 3 is 2.72 bits per heavy atom. The Hall–Kier alpha value is -0.830. The molecule has 0 radical (unpaired) electrons. The highest BCUT2D eigenvalue weighted by Crippen LogP contribution is 2.14. The highest BCUT2D eigenvalue weighted by Gasteiger charge is 2.27. The number of nitrogens with one attached hydrogen (secondary N) is 1. The number of ether oxygens (including phenoxy) is 1. The van der Waals surface area contributed by atoms with E-state index in [1.807, 2.05) is 6.07 Å². The number of carbonyl (C=O) groups is 1. The third-order valence-corrected chi connectivity index (χ3v) is 2.56. The Morgan fingerprint density at radius 1 is 1.39 bits per heavy atom. The van der Waals surface area contributed by atoms with E-state index in [1.165, 1.54) is 0 Å². The molecule has 0 fully saturated rings. The van der Waals surface area contributed by atoms with Crippen LogP contribution in [0.15, 0.2) is 24.3 Å². The van der Waals surface area contributed by atoms with Gasteiger partial charge in [0.15, 0.2) is 0 Å². The molecule has 0 bridgehead atoms. The van der Waals surface area contributed by atoms with Crippen LogP contribution in [0, 0.1) is 3.57 Å². The molecule has 0 unspecified atom stereocenters. The molecule has 0 atom stereocenters. The quantitative estimate of drug-likeness (QED) is 0.637. The van der Waals surface area contributed by atoms with Crippen molar-refractivity contribution < 1.29 is 22.7 Å². The Balaban J connectivity index is 2.26. The van der Waals surface area contributed by atoms with Crippen LogP contribution >= 0.6 is 22.6 Å². The van der Waals surface area contributed by atoms with Gasteiger partial charge in [-0.2, -0.15) is 13.2 Å². The van der Waals surface area contributed by atoms with Gasteiger partial charge in [0.25, 0.3) is 5.91 Å². The SMILES string of the molecule is O=C(NCCOCC(F)(F)F)c1cccc(I)c1. The molecule has 7 heteroatoms. The summed E-state index contributed by atoms with van der Waals surface area (Å²) in [6, 6.07) is 6.89. The first-order chi connectivity index (χ1) is 8.38. The first-order valence-electron chi connectivity index (χ1n) is 5.07. The standard InChI is InChI=1S/C11H11F3INO2/c12-11(13,14)7-18-5-4-16-10(17)8-2-1-3-9(15)6-8/h1-3,6H,4-5,7H2,(H,16,17). The second-order valence-corrected chi connectivity index (χ2v) is 4.68. The third-order valence-electron chi connectivity index (χ3n) is 1.88. The van der Waals surface area contributed by atoms with Gasteiger partial charge in [-0.3, -0.25) is 4.79 Å². The van der Waals surface area contributed by atoms with Crippen molar-refractivity contribution in [3.8, 4) is 0 Å². The van der Waals surface area contributed by atoms with Crippen molar-refractivity contribution in [1.29, 1.82) is 0 Å². The van der Waals surface area contributed by atoms with E-state index in [2.05, 4.69) is 32.6 Å². The Bertz CT molecular complexity index is 410. The van der Waals surface area contributed by atoms with Crippen LogP contribution < -0.4 is 5.32 Å². The lowest BCUT2D eigenvalue weighted by Crippen LogP contribution is -2.28. The lowest BCUT2D eigenvalue weighted by molar-refractivity contribution is -0.173. The summed E-state index contributed by atoms with van der Waals surface area (Å²) < 4.78 is 40.5. The van der Waals surface area contributed by atoms with Crippen molar-refractivity contribution in [2.45, 2.75) is 6.18 Å². The number of amides is 1. The predicted octanol–water partition coefficient (Wildman–Crippen LogP) is 2.60. The summed E-state index contributed by atoms with van der Waals surface area (Å²) in [5.74, 6) is -0.330. The number of alkyl halides is 3. The van der Waals surface area contributed by atoms with Gasteiger partial charge < -0.3 is 10.1 Å². The van der Waals surface area contributed by atoms with Gasteiger partial charge in [0, 0.05) is 15.7 Å². The van der Waals surface area contributed by atoms with E-state index in [4.69, 9.17) is 0 Å². The molecule has 0 aliphatic carbocycles. The van der Waals surface area contributed by atoms with E-state index in [0.29, 0.717) is 5.56 Å². The van der Waals surface area contributed by atoms with Crippen molar-refractivity contribution >= 4 is 28.5 Å². The van der Waals surface area contributed by atoms with Crippen molar-refractivity contribution in [2.24, 2.45) is 0 Å². The number of benzene rings is 1. The van der Waals surface area contributed by atoms with Crippen molar-refractivity contribution in [3.05, 3.63) is 33.4 Å². The maximum Gasteiger partial charge on any atom is 0.411 e. The summed E-state index contributed by atoms with van der Waals surface area (Å²) in [5.41, 5.74) is 0.470. The van der Waals surface area contributed by atoms with Gasteiger partial charge in [0.2, 0.25) is 0 Å². The maximum atomic E-state index is 11.7. The molecule has 1 aromatic rings. The molecule has 0 aliphatic rings. The molecule has 0 saturated carbocycles. The molecule has 18 heavy (non-hydrogen) atoms. The fourth-order valence-electron chi connectivity index (χ4n) is 1.16. The van der Waals surface area contributed by atoms with E-state index in [-0.39, 0.29) is 19.1 Å².